The Morgan fingerprint density at radius 2 is 2.15 bits per heavy atom. The topological polar surface area (TPSA) is 83.5 Å². The second kappa shape index (κ2) is 3.81. The number of nitrogens with one attached hydrogen (secondary N) is 1. The van der Waals surface area contributed by atoms with Gasteiger partial charge in [-0.1, -0.05) is 0 Å². The van der Waals surface area contributed by atoms with Crippen LogP contribution in [0, 0.1) is 0 Å². The molecule has 2 N–H and O–H groups in total. The molecule has 0 saturated carbocycles. The van der Waals surface area contributed by atoms with Crippen molar-refractivity contribution < 1.29 is 18.3 Å². The largest absolute Gasteiger partial charge is 0.387 e. The van der Waals surface area contributed by atoms with Gasteiger partial charge in [-0.3, -0.25) is 4.79 Å². The van der Waals surface area contributed by atoms with Crippen molar-refractivity contribution in [3.8, 4) is 0 Å². The fourth-order valence-corrected chi connectivity index (χ4v) is 3.74. The predicted octanol–water partition coefficient (Wildman–Crippen LogP) is -1.50. The lowest BCUT2D eigenvalue weighted by molar-refractivity contribution is -0.124. The number of amides is 1. The van der Waals surface area contributed by atoms with E-state index in [4.69, 9.17) is 16.7 Å². The molecule has 0 bridgehead atoms. The molecule has 0 spiro atoms. The van der Waals surface area contributed by atoms with Gasteiger partial charge in [-0.15, -0.1) is 11.6 Å². The van der Waals surface area contributed by atoms with Gasteiger partial charge in [-0.2, -0.15) is 0 Å². The molecule has 76 valence electrons. The lowest BCUT2D eigenvalue weighted by Crippen LogP contribution is -2.41. The second-order valence-corrected chi connectivity index (χ2v) is 5.64. The first-order chi connectivity index (χ1) is 5.94. The Hall–Kier alpha value is -0.330. The molecule has 0 aromatic heterocycles. The molecular formula is C6H10ClNO4S. The lowest BCUT2D eigenvalue weighted by Gasteiger charge is -2.12. The third-order valence-electron chi connectivity index (χ3n) is 1.77. The van der Waals surface area contributed by atoms with Gasteiger partial charge < -0.3 is 10.4 Å². The third kappa shape index (κ3) is 2.82. The number of halogens is 1. The molecule has 5 nitrogen and oxygen atoms in total. The molecule has 1 rings (SSSR count). The summed E-state index contributed by atoms with van der Waals surface area (Å²) in [5.74, 6) is -0.870. The summed E-state index contributed by atoms with van der Waals surface area (Å²) in [6.07, 6.45) is 0. The zero-order valence-corrected chi connectivity index (χ0v) is 8.31. The van der Waals surface area contributed by atoms with Crippen molar-refractivity contribution in [2.75, 3.05) is 18.1 Å². The quantitative estimate of drug-likeness (QED) is 0.563. The van der Waals surface area contributed by atoms with E-state index in [2.05, 4.69) is 5.32 Å². The molecule has 1 aliphatic heterocycles. The number of rotatable bonds is 2. The number of alkyl halides is 1. The molecule has 1 heterocycles. The van der Waals surface area contributed by atoms with Crippen molar-refractivity contribution in [1.29, 1.82) is 0 Å². The molecule has 0 aromatic carbocycles. The Balaban J connectivity index is 2.59. The Labute approximate surface area is 81.0 Å². The van der Waals surface area contributed by atoms with Crippen LogP contribution >= 0.6 is 11.6 Å². The van der Waals surface area contributed by atoms with Gasteiger partial charge in [0.05, 0.1) is 22.9 Å². The van der Waals surface area contributed by atoms with Crippen LogP contribution in [-0.4, -0.2) is 49.0 Å². The molecule has 13 heavy (non-hydrogen) atoms. The second-order valence-electron chi connectivity index (χ2n) is 2.93. The number of aliphatic hydroxyl groups excluding tert-OH is 1. The summed E-state index contributed by atoms with van der Waals surface area (Å²) in [4.78, 5) is 10.7. The Morgan fingerprint density at radius 1 is 1.54 bits per heavy atom. The van der Waals surface area contributed by atoms with Crippen molar-refractivity contribution in [2.45, 2.75) is 11.4 Å². The first-order valence-electron chi connectivity index (χ1n) is 3.69. The van der Waals surface area contributed by atoms with Gasteiger partial charge in [-0.25, -0.2) is 8.42 Å². The normalized spacial score (nSPS) is 31.5. The zero-order valence-electron chi connectivity index (χ0n) is 6.73. The maximum Gasteiger partial charge on any atom is 0.246 e. The zero-order chi connectivity index (χ0) is 10.1. The van der Waals surface area contributed by atoms with Crippen LogP contribution in [0.25, 0.3) is 0 Å². The fraction of sp³-hybridized carbons (Fsp3) is 0.833. The molecule has 1 fully saturated rings. The first-order valence-corrected chi connectivity index (χ1v) is 5.95. The highest BCUT2D eigenvalue weighted by atomic mass is 35.5. The summed E-state index contributed by atoms with van der Waals surface area (Å²) in [6.45, 7) is -0.653. The van der Waals surface area contributed by atoms with Crippen molar-refractivity contribution in [3.05, 3.63) is 0 Å². The van der Waals surface area contributed by atoms with Crippen LogP contribution < -0.4 is 5.32 Å². The standard InChI is InChI=1S/C6H10ClNO4S/c7-4-2-13(11,12)3-5(4)8-6(10)1-9/h4-5,9H,1-3H2,(H,8,10). The SMILES string of the molecule is O=C(CO)NC1CS(=O)(=O)CC1Cl. The van der Waals surface area contributed by atoms with E-state index in [1.165, 1.54) is 0 Å². The summed E-state index contributed by atoms with van der Waals surface area (Å²) in [6, 6.07) is -0.577. The molecular weight excluding hydrogens is 218 g/mol. The molecule has 1 aliphatic rings. The molecule has 1 amide bonds. The Kier molecular flexibility index (Phi) is 3.15. The van der Waals surface area contributed by atoms with Crippen LogP contribution in [0.15, 0.2) is 0 Å². The van der Waals surface area contributed by atoms with Gasteiger partial charge in [0.15, 0.2) is 9.84 Å². The average molecular weight is 228 g/mol. The van der Waals surface area contributed by atoms with E-state index in [1.54, 1.807) is 0 Å². The highest BCUT2D eigenvalue weighted by molar-refractivity contribution is 7.91. The molecule has 0 radical (unpaired) electrons. The van der Waals surface area contributed by atoms with Crippen LogP contribution in [0.4, 0.5) is 0 Å². The highest BCUT2D eigenvalue weighted by Gasteiger charge is 2.36. The molecule has 2 unspecified atom stereocenters. The van der Waals surface area contributed by atoms with Gasteiger partial charge in [0.1, 0.15) is 6.61 Å². The number of hydrogen-bond donors (Lipinski definition) is 2. The van der Waals surface area contributed by atoms with E-state index >= 15 is 0 Å². The third-order valence-corrected chi connectivity index (χ3v) is 4.15. The fourth-order valence-electron chi connectivity index (χ4n) is 1.19. The van der Waals surface area contributed by atoms with Gasteiger partial charge >= 0.3 is 0 Å². The van der Waals surface area contributed by atoms with Gasteiger partial charge in [0, 0.05) is 0 Å². The molecule has 7 heteroatoms. The monoisotopic (exact) mass is 227 g/mol. The van der Waals surface area contributed by atoms with Gasteiger partial charge in [0.25, 0.3) is 0 Å². The first kappa shape index (κ1) is 10.7. The maximum atomic E-state index is 11.0. The summed E-state index contributed by atoms with van der Waals surface area (Å²) in [5, 5.41) is 10.1. The Bertz CT molecular complexity index is 302. The van der Waals surface area contributed by atoms with Gasteiger partial charge in [0.2, 0.25) is 5.91 Å². The van der Waals surface area contributed by atoms with Crippen molar-refractivity contribution in [2.24, 2.45) is 0 Å². The van der Waals surface area contributed by atoms with Crippen molar-refractivity contribution >= 4 is 27.3 Å². The Morgan fingerprint density at radius 3 is 2.54 bits per heavy atom. The minimum Gasteiger partial charge on any atom is -0.387 e. The highest BCUT2D eigenvalue weighted by Crippen LogP contribution is 2.17. The number of sulfone groups is 1. The summed E-state index contributed by atoms with van der Waals surface area (Å²) < 4.78 is 22.0. The van der Waals surface area contributed by atoms with E-state index < -0.39 is 33.8 Å². The minimum atomic E-state index is -3.13. The van der Waals surface area contributed by atoms with Crippen LogP contribution in [0.3, 0.4) is 0 Å². The van der Waals surface area contributed by atoms with Crippen LogP contribution in [0.5, 0.6) is 0 Å². The summed E-state index contributed by atoms with van der Waals surface area (Å²) in [7, 11) is -3.13. The number of carbonyl (C=O) groups is 1. The van der Waals surface area contributed by atoms with Gasteiger partial charge in [-0.05, 0) is 0 Å². The number of carbonyl (C=O) groups excluding carboxylic acids is 1. The summed E-state index contributed by atoms with van der Waals surface area (Å²) in [5.41, 5.74) is 0. The van der Waals surface area contributed by atoms with E-state index in [0.29, 0.717) is 0 Å². The lowest BCUT2D eigenvalue weighted by atomic mass is 10.2. The summed E-state index contributed by atoms with van der Waals surface area (Å²) >= 11 is 5.69. The number of aliphatic hydroxyl groups is 1. The van der Waals surface area contributed by atoms with Crippen LogP contribution in [0.2, 0.25) is 0 Å². The van der Waals surface area contributed by atoms with Crippen molar-refractivity contribution in [1.82, 2.24) is 5.32 Å². The molecule has 1 saturated heterocycles. The molecule has 2 atom stereocenters. The average Bonchev–Trinajstić information content (AvgIpc) is 2.24. The van der Waals surface area contributed by atoms with E-state index in [1.807, 2.05) is 0 Å². The van der Waals surface area contributed by atoms with E-state index in [0.717, 1.165) is 0 Å². The number of hydrogen-bond acceptors (Lipinski definition) is 4. The van der Waals surface area contributed by atoms with E-state index in [9.17, 15) is 13.2 Å². The van der Waals surface area contributed by atoms with E-state index in [-0.39, 0.29) is 11.5 Å². The smallest absolute Gasteiger partial charge is 0.246 e. The molecule has 0 aliphatic carbocycles. The predicted molar refractivity (Wildman–Crippen MR) is 47.3 cm³/mol. The van der Waals surface area contributed by atoms with Crippen LogP contribution in [-0.2, 0) is 14.6 Å². The van der Waals surface area contributed by atoms with Crippen LogP contribution in [0.1, 0.15) is 0 Å². The molecule has 0 aromatic rings. The maximum absolute atomic E-state index is 11.0. The van der Waals surface area contributed by atoms with Crippen molar-refractivity contribution in [3.63, 3.8) is 0 Å². The minimum absolute atomic E-state index is 0.120.